The van der Waals surface area contributed by atoms with Gasteiger partial charge in [-0.15, -0.1) is 0 Å². The summed E-state index contributed by atoms with van der Waals surface area (Å²) in [5.74, 6) is -0.121. The fourth-order valence-corrected chi connectivity index (χ4v) is 1.47. The zero-order chi connectivity index (χ0) is 11.4. The van der Waals surface area contributed by atoms with Crippen molar-refractivity contribution in [1.82, 2.24) is 15.1 Å². The highest BCUT2D eigenvalue weighted by Gasteiger charge is 2.09. The first-order valence-electron chi connectivity index (χ1n) is 4.45. The molecule has 0 spiro atoms. The molecule has 0 saturated heterocycles. The Balaban J connectivity index is 2.66. The lowest BCUT2D eigenvalue weighted by Gasteiger charge is -2.07. The van der Waals surface area contributed by atoms with E-state index in [2.05, 4.69) is 26.3 Å². The Hall–Kier alpha value is -1.35. The Morgan fingerprint density at radius 2 is 2.47 bits per heavy atom. The minimum Gasteiger partial charge on any atom is -0.352 e. The molecule has 0 bridgehead atoms. The Bertz CT molecular complexity index is 405. The molecule has 0 atom stereocenters. The number of rotatable bonds is 3. The van der Waals surface area contributed by atoms with Crippen molar-refractivity contribution in [3.8, 4) is 6.07 Å². The van der Waals surface area contributed by atoms with Crippen molar-refractivity contribution < 1.29 is 4.79 Å². The van der Waals surface area contributed by atoms with Crippen LogP contribution in [0, 0.1) is 11.3 Å². The van der Waals surface area contributed by atoms with Gasteiger partial charge in [0.1, 0.15) is 12.6 Å². The molecule has 0 radical (unpaired) electrons. The van der Waals surface area contributed by atoms with E-state index in [1.54, 1.807) is 6.20 Å². The van der Waals surface area contributed by atoms with E-state index < -0.39 is 0 Å². The van der Waals surface area contributed by atoms with E-state index >= 15 is 0 Å². The summed E-state index contributed by atoms with van der Waals surface area (Å²) in [6.45, 7) is 3.90. The highest BCUT2D eigenvalue weighted by atomic mass is 79.9. The second-order valence-corrected chi connectivity index (χ2v) is 4.21. The smallest absolute Gasteiger partial charge is 0.241 e. The van der Waals surface area contributed by atoms with Crippen molar-refractivity contribution >= 4 is 21.8 Å². The molecule has 1 aromatic heterocycles. The quantitative estimate of drug-likeness (QED) is 0.892. The first-order valence-corrected chi connectivity index (χ1v) is 5.24. The van der Waals surface area contributed by atoms with Crippen LogP contribution in [-0.4, -0.2) is 21.7 Å². The number of carbonyl (C=O) groups excluding carboxylic acids is 1. The summed E-state index contributed by atoms with van der Waals surface area (Å²) in [5, 5.41) is 15.3. The zero-order valence-corrected chi connectivity index (χ0v) is 10.1. The highest BCUT2D eigenvalue weighted by Crippen LogP contribution is 2.13. The fourth-order valence-electron chi connectivity index (χ4n) is 1.07. The summed E-state index contributed by atoms with van der Waals surface area (Å²) in [7, 11) is 0. The molecule has 6 heteroatoms. The van der Waals surface area contributed by atoms with Gasteiger partial charge in [-0.3, -0.25) is 9.48 Å². The molecular formula is C9H11BrN4O. The molecule has 80 valence electrons. The lowest BCUT2D eigenvalue weighted by molar-refractivity contribution is -0.122. The van der Waals surface area contributed by atoms with Gasteiger partial charge in [0.05, 0.1) is 4.47 Å². The number of nitrogens with one attached hydrogen (secondary N) is 1. The zero-order valence-electron chi connectivity index (χ0n) is 8.49. The second kappa shape index (κ2) is 4.94. The molecule has 1 rings (SSSR count). The van der Waals surface area contributed by atoms with Crippen molar-refractivity contribution in [3.63, 3.8) is 0 Å². The Morgan fingerprint density at radius 1 is 1.80 bits per heavy atom. The summed E-state index contributed by atoms with van der Waals surface area (Å²) in [5.41, 5.74) is 0.285. The number of hydrogen-bond acceptors (Lipinski definition) is 3. The molecular weight excluding hydrogens is 260 g/mol. The van der Waals surface area contributed by atoms with E-state index in [0.717, 1.165) is 0 Å². The van der Waals surface area contributed by atoms with Crippen molar-refractivity contribution in [2.75, 3.05) is 0 Å². The number of carbonyl (C=O) groups is 1. The van der Waals surface area contributed by atoms with Crippen LogP contribution in [0.2, 0.25) is 0 Å². The van der Waals surface area contributed by atoms with Crippen LogP contribution in [0.4, 0.5) is 0 Å². The van der Waals surface area contributed by atoms with Gasteiger partial charge in [0.15, 0.2) is 5.69 Å². The van der Waals surface area contributed by atoms with Gasteiger partial charge in [-0.1, -0.05) is 0 Å². The first-order chi connectivity index (χ1) is 7.02. The molecule has 0 aliphatic heterocycles. The van der Waals surface area contributed by atoms with Crippen LogP contribution in [0.1, 0.15) is 19.5 Å². The molecule has 5 nitrogen and oxygen atoms in total. The van der Waals surface area contributed by atoms with Gasteiger partial charge >= 0.3 is 0 Å². The first kappa shape index (κ1) is 11.7. The molecule has 1 N–H and O–H groups in total. The maximum Gasteiger partial charge on any atom is 0.241 e. The lowest BCUT2D eigenvalue weighted by atomic mass is 10.4. The standard InChI is InChI=1S/C9H11BrN4O/c1-6(2)12-9(15)5-14-4-7(10)8(3-11)13-14/h4,6H,5H2,1-2H3,(H,12,15). The topological polar surface area (TPSA) is 70.7 Å². The molecule has 15 heavy (non-hydrogen) atoms. The van der Waals surface area contributed by atoms with Crippen LogP contribution in [-0.2, 0) is 11.3 Å². The summed E-state index contributed by atoms with van der Waals surface area (Å²) in [4.78, 5) is 11.4. The number of nitriles is 1. The average molecular weight is 271 g/mol. The largest absolute Gasteiger partial charge is 0.352 e. The Morgan fingerprint density at radius 3 is 2.93 bits per heavy atom. The molecule has 0 saturated carbocycles. The monoisotopic (exact) mass is 270 g/mol. The van der Waals surface area contributed by atoms with E-state index in [0.29, 0.717) is 4.47 Å². The summed E-state index contributed by atoms with van der Waals surface area (Å²) >= 11 is 3.18. The van der Waals surface area contributed by atoms with E-state index in [4.69, 9.17) is 5.26 Å². The predicted octanol–water partition coefficient (Wildman–Crippen LogP) is 1.04. The maximum atomic E-state index is 11.4. The molecule has 0 aromatic carbocycles. The number of amides is 1. The molecule has 0 aliphatic carbocycles. The van der Waals surface area contributed by atoms with Crippen molar-refractivity contribution in [1.29, 1.82) is 5.26 Å². The molecule has 1 heterocycles. The van der Waals surface area contributed by atoms with Gasteiger partial charge in [-0.2, -0.15) is 10.4 Å². The molecule has 0 aliphatic rings. The molecule has 0 fully saturated rings. The van der Waals surface area contributed by atoms with E-state index in [1.165, 1.54) is 4.68 Å². The van der Waals surface area contributed by atoms with Crippen LogP contribution in [0.15, 0.2) is 10.7 Å². The number of aromatic nitrogens is 2. The second-order valence-electron chi connectivity index (χ2n) is 3.36. The van der Waals surface area contributed by atoms with Gasteiger partial charge in [-0.05, 0) is 29.8 Å². The third-order valence-corrected chi connectivity index (χ3v) is 2.16. The van der Waals surface area contributed by atoms with Gasteiger partial charge < -0.3 is 5.32 Å². The Labute approximate surface area is 96.2 Å². The third-order valence-electron chi connectivity index (χ3n) is 1.58. The van der Waals surface area contributed by atoms with E-state index in [9.17, 15) is 4.79 Å². The van der Waals surface area contributed by atoms with Crippen molar-refractivity contribution in [2.45, 2.75) is 26.4 Å². The lowest BCUT2D eigenvalue weighted by Crippen LogP contribution is -2.33. The van der Waals surface area contributed by atoms with Crippen LogP contribution in [0.3, 0.4) is 0 Å². The SMILES string of the molecule is CC(C)NC(=O)Cn1cc(Br)c(C#N)n1. The van der Waals surface area contributed by atoms with Gasteiger partial charge in [0.25, 0.3) is 0 Å². The van der Waals surface area contributed by atoms with Crippen LogP contribution in [0.25, 0.3) is 0 Å². The summed E-state index contributed by atoms with van der Waals surface area (Å²) < 4.78 is 2.03. The molecule has 0 unspecified atom stereocenters. The third kappa shape index (κ3) is 3.36. The summed E-state index contributed by atoms with van der Waals surface area (Å²) in [6.07, 6.45) is 1.61. The van der Waals surface area contributed by atoms with Crippen LogP contribution >= 0.6 is 15.9 Å². The minimum absolute atomic E-state index is 0.104. The highest BCUT2D eigenvalue weighted by molar-refractivity contribution is 9.10. The van der Waals surface area contributed by atoms with Crippen molar-refractivity contribution in [3.05, 3.63) is 16.4 Å². The van der Waals surface area contributed by atoms with Gasteiger partial charge in [0, 0.05) is 12.2 Å². The number of halogens is 1. The summed E-state index contributed by atoms with van der Waals surface area (Å²) in [6, 6.07) is 2.02. The van der Waals surface area contributed by atoms with Crippen LogP contribution < -0.4 is 5.32 Å². The number of nitrogens with zero attached hydrogens (tertiary/aromatic N) is 3. The minimum atomic E-state index is -0.121. The fraction of sp³-hybridized carbons (Fsp3) is 0.444. The van der Waals surface area contributed by atoms with Crippen molar-refractivity contribution in [2.24, 2.45) is 0 Å². The van der Waals surface area contributed by atoms with Gasteiger partial charge in [-0.25, -0.2) is 0 Å². The molecule has 1 aromatic rings. The molecule has 1 amide bonds. The van der Waals surface area contributed by atoms with E-state index in [-0.39, 0.29) is 24.2 Å². The number of hydrogen-bond donors (Lipinski definition) is 1. The maximum absolute atomic E-state index is 11.4. The predicted molar refractivity (Wildman–Crippen MR) is 57.9 cm³/mol. The van der Waals surface area contributed by atoms with Gasteiger partial charge in [0.2, 0.25) is 5.91 Å². The average Bonchev–Trinajstić information content (AvgIpc) is 2.44. The van der Waals surface area contributed by atoms with E-state index in [1.807, 2.05) is 19.9 Å². The Kier molecular flexibility index (Phi) is 3.86. The normalized spacial score (nSPS) is 10.1. The van der Waals surface area contributed by atoms with Crippen LogP contribution in [0.5, 0.6) is 0 Å².